The van der Waals surface area contributed by atoms with Gasteiger partial charge in [-0.25, -0.2) is 0 Å². The van der Waals surface area contributed by atoms with E-state index in [1.54, 1.807) is 36.0 Å². The van der Waals surface area contributed by atoms with Crippen molar-refractivity contribution in [3.8, 4) is 0 Å². The van der Waals surface area contributed by atoms with Crippen molar-refractivity contribution in [2.24, 2.45) is 11.7 Å². The van der Waals surface area contributed by atoms with Crippen LogP contribution in [0.4, 0.5) is 0 Å². The zero-order valence-electron chi connectivity index (χ0n) is 13.5. The lowest BCUT2D eigenvalue weighted by Crippen LogP contribution is -2.49. The van der Waals surface area contributed by atoms with Crippen LogP contribution < -0.4 is 16.4 Å². The van der Waals surface area contributed by atoms with Gasteiger partial charge in [0.15, 0.2) is 0 Å². The highest BCUT2D eigenvalue weighted by molar-refractivity contribution is 7.98. The molecule has 2 unspecified atom stereocenters. The molecule has 126 valence electrons. The number of carbonyl (C=O) groups excluding carboxylic acids is 2. The van der Waals surface area contributed by atoms with Crippen LogP contribution in [0.2, 0.25) is 0 Å². The molecule has 1 aliphatic rings. The number of hydrogen-bond acceptors (Lipinski definition) is 4. The van der Waals surface area contributed by atoms with Crippen LogP contribution in [0.3, 0.4) is 0 Å². The molecule has 1 fully saturated rings. The summed E-state index contributed by atoms with van der Waals surface area (Å²) in [7, 11) is 0. The summed E-state index contributed by atoms with van der Waals surface area (Å²) in [4.78, 5) is 24.6. The first-order valence-electron chi connectivity index (χ1n) is 8.00. The van der Waals surface area contributed by atoms with Gasteiger partial charge in [-0.1, -0.05) is 18.2 Å². The lowest BCUT2D eigenvalue weighted by atomic mass is 10.1. The van der Waals surface area contributed by atoms with Crippen LogP contribution in [0.25, 0.3) is 0 Å². The lowest BCUT2D eigenvalue weighted by molar-refractivity contribution is -0.123. The molecule has 0 bridgehead atoms. The fraction of sp³-hybridized carbons (Fsp3) is 0.529. The Morgan fingerprint density at radius 3 is 2.61 bits per heavy atom. The van der Waals surface area contributed by atoms with Gasteiger partial charge in [-0.2, -0.15) is 11.8 Å². The molecular weight excluding hydrogens is 310 g/mol. The Kier molecular flexibility index (Phi) is 6.92. The van der Waals surface area contributed by atoms with E-state index in [-0.39, 0.29) is 17.9 Å². The van der Waals surface area contributed by atoms with Crippen molar-refractivity contribution < 1.29 is 9.59 Å². The van der Waals surface area contributed by atoms with Crippen LogP contribution in [0, 0.1) is 5.92 Å². The van der Waals surface area contributed by atoms with E-state index in [0.29, 0.717) is 24.4 Å². The summed E-state index contributed by atoms with van der Waals surface area (Å²) in [6.45, 7) is 0.473. The number of benzene rings is 1. The number of carbonyl (C=O) groups is 2. The van der Waals surface area contributed by atoms with E-state index < -0.39 is 6.04 Å². The average Bonchev–Trinajstić information content (AvgIpc) is 3.41. The van der Waals surface area contributed by atoms with Gasteiger partial charge in [0.1, 0.15) is 6.04 Å². The third-order valence-electron chi connectivity index (χ3n) is 4.01. The highest BCUT2D eigenvalue weighted by Crippen LogP contribution is 2.31. The summed E-state index contributed by atoms with van der Waals surface area (Å²) < 4.78 is 0. The topological polar surface area (TPSA) is 84.2 Å². The number of hydrogen-bond donors (Lipinski definition) is 3. The molecule has 6 heteroatoms. The predicted octanol–water partition coefficient (Wildman–Crippen LogP) is 1.39. The van der Waals surface area contributed by atoms with Gasteiger partial charge in [0, 0.05) is 18.2 Å². The van der Waals surface area contributed by atoms with Crippen LogP contribution in [0.1, 0.15) is 29.6 Å². The molecule has 0 aliphatic heterocycles. The van der Waals surface area contributed by atoms with Crippen LogP contribution in [0.5, 0.6) is 0 Å². The second-order valence-corrected chi connectivity index (χ2v) is 6.91. The maximum Gasteiger partial charge on any atom is 0.251 e. The maximum atomic E-state index is 12.4. The monoisotopic (exact) mass is 335 g/mol. The quantitative estimate of drug-likeness (QED) is 0.637. The molecule has 1 saturated carbocycles. The van der Waals surface area contributed by atoms with Crippen molar-refractivity contribution in [1.29, 1.82) is 0 Å². The van der Waals surface area contributed by atoms with E-state index in [1.807, 2.05) is 12.3 Å². The molecular formula is C17H25N3O2S. The smallest absolute Gasteiger partial charge is 0.251 e. The first kappa shape index (κ1) is 17.8. The van der Waals surface area contributed by atoms with E-state index in [1.165, 1.54) is 0 Å². The van der Waals surface area contributed by atoms with Gasteiger partial charge in [0.05, 0.1) is 0 Å². The summed E-state index contributed by atoms with van der Waals surface area (Å²) in [5.41, 5.74) is 6.57. The minimum atomic E-state index is -0.526. The molecule has 0 aromatic heterocycles. The van der Waals surface area contributed by atoms with E-state index in [0.717, 1.165) is 18.6 Å². The minimum Gasteiger partial charge on any atom is -0.353 e. The Morgan fingerprint density at radius 1 is 1.30 bits per heavy atom. The van der Waals surface area contributed by atoms with Crippen molar-refractivity contribution in [3.63, 3.8) is 0 Å². The van der Waals surface area contributed by atoms with Crippen molar-refractivity contribution in [2.75, 3.05) is 18.6 Å². The zero-order valence-corrected chi connectivity index (χ0v) is 14.3. The van der Waals surface area contributed by atoms with Crippen molar-refractivity contribution in [2.45, 2.75) is 31.3 Å². The van der Waals surface area contributed by atoms with Crippen LogP contribution in [-0.4, -0.2) is 42.5 Å². The Labute approximate surface area is 141 Å². The first-order chi connectivity index (χ1) is 11.1. The lowest BCUT2D eigenvalue weighted by Gasteiger charge is -2.20. The zero-order chi connectivity index (χ0) is 16.7. The van der Waals surface area contributed by atoms with Crippen molar-refractivity contribution in [1.82, 2.24) is 10.6 Å². The van der Waals surface area contributed by atoms with Crippen molar-refractivity contribution >= 4 is 23.6 Å². The van der Waals surface area contributed by atoms with Gasteiger partial charge < -0.3 is 16.4 Å². The van der Waals surface area contributed by atoms with Gasteiger partial charge in [-0.05, 0) is 49.3 Å². The molecule has 2 atom stereocenters. The molecule has 5 nitrogen and oxygen atoms in total. The molecule has 0 heterocycles. The summed E-state index contributed by atoms with van der Waals surface area (Å²) >= 11 is 1.65. The second-order valence-electron chi connectivity index (χ2n) is 5.92. The van der Waals surface area contributed by atoms with Crippen LogP contribution in [0.15, 0.2) is 30.3 Å². The van der Waals surface area contributed by atoms with Gasteiger partial charge in [0.25, 0.3) is 5.91 Å². The Bertz CT molecular complexity index is 520. The molecule has 1 aliphatic carbocycles. The van der Waals surface area contributed by atoms with Crippen LogP contribution >= 0.6 is 11.8 Å². The molecule has 0 saturated heterocycles. The van der Waals surface area contributed by atoms with Gasteiger partial charge >= 0.3 is 0 Å². The third-order valence-corrected chi connectivity index (χ3v) is 4.65. The van der Waals surface area contributed by atoms with Crippen molar-refractivity contribution in [3.05, 3.63) is 35.9 Å². The first-order valence-corrected chi connectivity index (χ1v) is 9.39. The van der Waals surface area contributed by atoms with Gasteiger partial charge in [-0.15, -0.1) is 0 Å². The molecule has 1 aromatic rings. The summed E-state index contributed by atoms with van der Waals surface area (Å²) in [5.74, 6) is 0.971. The molecule has 2 amide bonds. The van der Waals surface area contributed by atoms with Gasteiger partial charge in [-0.3, -0.25) is 9.59 Å². The summed E-state index contributed by atoms with van der Waals surface area (Å²) in [5, 5.41) is 5.71. The number of thioether (sulfide) groups is 1. The average molecular weight is 335 g/mol. The SMILES string of the molecule is CSCCC(NC(=O)c1ccccc1)C(=O)NCC(N)C1CC1. The molecule has 1 aromatic carbocycles. The summed E-state index contributed by atoms with van der Waals surface area (Å²) in [6, 6.07) is 8.44. The maximum absolute atomic E-state index is 12.4. The number of amides is 2. The highest BCUT2D eigenvalue weighted by Gasteiger charge is 2.29. The highest BCUT2D eigenvalue weighted by atomic mass is 32.2. The normalized spacial score (nSPS) is 16.4. The Morgan fingerprint density at radius 2 is 2.00 bits per heavy atom. The minimum absolute atomic E-state index is 0.0185. The molecule has 23 heavy (non-hydrogen) atoms. The van der Waals surface area contributed by atoms with Gasteiger partial charge in [0.2, 0.25) is 5.91 Å². The number of rotatable bonds is 9. The Balaban J connectivity index is 1.89. The molecule has 0 radical (unpaired) electrons. The standard InChI is InChI=1S/C17H25N3O2S/c1-23-10-9-15(17(22)19-11-14(18)12-7-8-12)20-16(21)13-5-3-2-4-6-13/h2-6,12,14-15H,7-11,18H2,1H3,(H,19,22)(H,20,21). The fourth-order valence-electron chi connectivity index (χ4n) is 2.37. The van der Waals surface area contributed by atoms with E-state index in [9.17, 15) is 9.59 Å². The molecule has 2 rings (SSSR count). The number of nitrogens with one attached hydrogen (secondary N) is 2. The van der Waals surface area contributed by atoms with Crippen LogP contribution in [-0.2, 0) is 4.79 Å². The second kappa shape index (κ2) is 8.93. The van der Waals surface area contributed by atoms with E-state index in [2.05, 4.69) is 10.6 Å². The summed E-state index contributed by atoms with van der Waals surface area (Å²) in [6.07, 6.45) is 4.89. The molecule has 0 spiro atoms. The third kappa shape index (κ3) is 5.88. The molecule has 4 N–H and O–H groups in total. The Hall–Kier alpha value is -1.53. The fourth-order valence-corrected chi connectivity index (χ4v) is 2.84. The largest absolute Gasteiger partial charge is 0.353 e. The van der Waals surface area contributed by atoms with E-state index >= 15 is 0 Å². The predicted molar refractivity (Wildman–Crippen MR) is 94.4 cm³/mol. The van der Waals surface area contributed by atoms with E-state index in [4.69, 9.17) is 5.73 Å². The number of nitrogens with two attached hydrogens (primary N) is 1.